The number of likely N-dealkylation sites (N-methyl/N-ethyl adjacent to an activating group) is 7. The van der Waals surface area contributed by atoms with Crippen LogP contribution in [0.5, 0.6) is 0 Å². The molecule has 0 aromatic heterocycles. The van der Waals surface area contributed by atoms with E-state index in [1.807, 2.05) is 6.92 Å². The highest BCUT2D eigenvalue weighted by Crippen LogP contribution is 2.46. The van der Waals surface area contributed by atoms with Gasteiger partial charge in [0.1, 0.15) is 72.3 Å². The number of amides is 11. The molecule has 3 heterocycles. The maximum absolute atomic E-state index is 15.7. The van der Waals surface area contributed by atoms with Crippen LogP contribution in [-0.4, -0.2) is 294 Å². The number of carbonyl (C=O) groups excluding carboxylic acids is 11. The van der Waals surface area contributed by atoms with E-state index in [0.717, 1.165) is 34.0 Å². The highest BCUT2D eigenvalue weighted by Gasteiger charge is 2.56. The van der Waals surface area contributed by atoms with Crippen LogP contribution in [0.1, 0.15) is 195 Å². The number of nitrogens with one attached hydrogen (secondary N) is 3. The third-order valence-corrected chi connectivity index (χ3v) is 25.7. The SMILES string of the molecule is CCCN(C)C(=O)[C@@H]1CC(=O)N(C)[C@@H](CC2CCC2)C(=O)N[C@@H]([C@@H](C)CC)C(=O)N(C)CC(=O)N(C)[C@H]2C/C=C\CCN(C2=O)[C@@H](CC2CCC(C(F)(F)F)CC2)C(=O)N(C)CC(=O)N[C@@H](CCC2CC(F)C(C(F)(F)F)C(F)C2)C(=O)N2C[C@H](OCC)C[C@H]2C(O)NC2(CCC2)C(=O)N(C)[C@@H](C2CCCC2)C(=O)N1C. The molecule has 2 saturated heterocycles. The van der Waals surface area contributed by atoms with Crippen molar-refractivity contribution in [1.82, 2.24) is 60.0 Å². The van der Waals surface area contributed by atoms with Gasteiger partial charge in [0.05, 0.1) is 37.6 Å². The van der Waals surface area contributed by atoms with Gasteiger partial charge in [0, 0.05) is 75.6 Å². The number of rotatable bonds is 15. The Morgan fingerprint density at radius 1 is 0.658 bits per heavy atom. The van der Waals surface area contributed by atoms with Crippen LogP contribution in [0.4, 0.5) is 35.1 Å². The number of halogens is 8. The molecule has 11 amide bonds. The Balaban J connectivity index is 1.21. The summed E-state index contributed by atoms with van der Waals surface area (Å²) in [5.74, 6) is -15.4. The minimum Gasteiger partial charge on any atom is -0.377 e. The first kappa shape index (κ1) is 89.8. The molecular formula is C78H122F8N12O13. The van der Waals surface area contributed by atoms with Crippen LogP contribution in [0.3, 0.4) is 0 Å². The number of hydrogen-bond donors (Lipinski definition) is 4. The molecule has 13 atom stereocenters. The van der Waals surface area contributed by atoms with Crippen molar-refractivity contribution >= 4 is 65.0 Å². The first-order chi connectivity index (χ1) is 52.3. The Labute approximate surface area is 648 Å². The van der Waals surface area contributed by atoms with Crippen molar-refractivity contribution in [2.45, 2.75) is 286 Å². The normalized spacial score (nSPS) is 32.9. The smallest absolute Gasteiger partial charge is 0.377 e. The van der Waals surface area contributed by atoms with Crippen LogP contribution in [-0.2, 0) is 57.5 Å². The van der Waals surface area contributed by atoms with E-state index in [1.54, 1.807) is 40.0 Å². The molecule has 111 heavy (non-hydrogen) atoms. The van der Waals surface area contributed by atoms with Gasteiger partial charge in [-0.3, -0.25) is 58.1 Å². The number of ether oxygens (including phenoxy) is 1. The molecule has 2 bridgehead atoms. The van der Waals surface area contributed by atoms with Crippen LogP contribution >= 0.6 is 0 Å². The summed E-state index contributed by atoms with van der Waals surface area (Å²) in [6.07, 6.45) is -11.3. The summed E-state index contributed by atoms with van der Waals surface area (Å²) in [5, 5.41) is 21.4. The molecule has 628 valence electrons. The van der Waals surface area contributed by atoms with E-state index >= 15 is 42.3 Å². The minimum absolute atomic E-state index is 0.00399. The maximum atomic E-state index is 15.7. The molecule has 0 aromatic rings. The lowest BCUT2D eigenvalue weighted by molar-refractivity contribution is -0.219. The van der Waals surface area contributed by atoms with Gasteiger partial charge in [-0.1, -0.05) is 71.4 Å². The predicted octanol–water partition coefficient (Wildman–Crippen LogP) is 7.07. The average Bonchev–Trinajstić information content (AvgIpc) is 1.75. The first-order valence-electron chi connectivity index (χ1n) is 40.4. The second-order valence-electron chi connectivity index (χ2n) is 33.2. The summed E-state index contributed by atoms with van der Waals surface area (Å²) in [7, 11) is 9.75. The Morgan fingerprint density at radius 3 is 1.85 bits per heavy atom. The molecule has 3 unspecified atom stereocenters. The zero-order valence-corrected chi connectivity index (χ0v) is 66.6. The lowest BCUT2D eigenvalue weighted by Crippen LogP contribution is -2.69. The molecule has 33 heteroatoms. The summed E-state index contributed by atoms with van der Waals surface area (Å²) in [6.45, 7) is 5.54. The summed E-state index contributed by atoms with van der Waals surface area (Å²) in [5.41, 5.74) is -1.59. The van der Waals surface area contributed by atoms with Crippen molar-refractivity contribution in [3.63, 3.8) is 0 Å². The van der Waals surface area contributed by atoms with Crippen LogP contribution in [0.2, 0.25) is 0 Å². The van der Waals surface area contributed by atoms with Gasteiger partial charge in [-0.05, 0) is 159 Å². The zero-order chi connectivity index (χ0) is 81.9. The Morgan fingerprint density at radius 2 is 1.28 bits per heavy atom. The number of aliphatic hydroxyl groups excluding tert-OH is 1. The van der Waals surface area contributed by atoms with E-state index < -0.39 is 230 Å². The molecule has 8 aliphatic rings. The molecular weight excluding hydrogens is 1460 g/mol. The number of nitrogens with zero attached hydrogens (tertiary/aromatic N) is 9. The van der Waals surface area contributed by atoms with Gasteiger partial charge < -0.3 is 64.6 Å². The van der Waals surface area contributed by atoms with Gasteiger partial charge in [0.2, 0.25) is 65.0 Å². The van der Waals surface area contributed by atoms with E-state index in [9.17, 15) is 50.6 Å². The maximum Gasteiger partial charge on any atom is 0.397 e. The minimum atomic E-state index is -5.21. The lowest BCUT2D eigenvalue weighted by Gasteiger charge is -2.48. The molecule has 8 rings (SSSR count). The van der Waals surface area contributed by atoms with E-state index in [4.69, 9.17) is 4.74 Å². The fourth-order valence-corrected chi connectivity index (χ4v) is 18.2. The second-order valence-corrected chi connectivity index (χ2v) is 33.2. The number of carbonyl (C=O) groups is 11. The molecule has 1 spiro atoms. The fourth-order valence-electron chi connectivity index (χ4n) is 18.2. The molecule has 0 aromatic carbocycles. The van der Waals surface area contributed by atoms with Crippen molar-refractivity contribution < 1.29 is 97.7 Å². The number of alkyl halides is 8. The highest BCUT2D eigenvalue weighted by atomic mass is 19.4. The molecule has 5 saturated carbocycles. The molecule has 5 aliphatic carbocycles. The third-order valence-electron chi connectivity index (χ3n) is 25.7. The van der Waals surface area contributed by atoms with Crippen LogP contribution in [0.15, 0.2) is 12.2 Å². The van der Waals surface area contributed by atoms with Crippen LogP contribution in [0, 0.1) is 41.4 Å². The zero-order valence-electron chi connectivity index (χ0n) is 66.6. The standard InChI is InChI=1S/C78H122F8N12O13/c1-12-35-90(5)70(105)59-42-62(100)94(9)57(39-47-22-20-23-47)67(102)88-65(46(4)13-2)73(108)92(7)45-63(101)93(8)56-26-16-15-19-36-97(72(56)107)60(40-48-27-30-51(31-28-48)77(81,82)83)71(106)91(6)44-61(99)87-55(32-29-49-37-53(79)64(54(80)38-49)78(84,85)86)69(104)98-43-52(111-14-3)41-58(98)68(103)89-76(33-21-34-76)75(110)96(11)66(74(109)95(59)10)50-24-17-18-25-50/h15-16,46-60,64-66,68,89,103H,12-14,17-45H2,1-11H3,(H,87,99)(H,88,102)/b16-15-/t46-,48?,49?,51?,52+,53?,54?,55-,56-,57-,58-,59-,60-,64?,65-,66-,68?/m0/s1. The number of fused-ring (bicyclic) bond motifs is 3. The Kier molecular flexibility index (Phi) is 31.6. The van der Waals surface area contributed by atoms with E-state index in [0.29, 0.717) is 44.9 Å². The third kappa shape index (κ3) is 21.8. The highest BCUT2D eigenvalue weighted by molar-refractivity contribution is 5.99. The van der Waals surface area contributed by atoms with Gasteiger partial charge in [0.15, 0.2) is 0 Å². The van der Waals surface area contributed by atoms with Gasteiger partial charge in [0.25, 0.3) is 0 Å². The quantitative estimate of drug-likeness (QED) is 0.0943. The van der Waals surface area contributed by atoms with E-state index in [1.165, 1.54) is 71.7 Å². The van der Waals surface area contributed by atoms with Gasteiger partial charge in [-0.25, -0.2) is 8.78 Å². The van der Waals surface area contributed by atoms with Crippen molar-refractivity contribution in [2.75, 3.05) is 88.7 Å². The summed E-state index contributed by atoms with van der Waals surface area (Å²) < 4.78 is 122. The Hall–Kier alpha value is -6.77. The van der Waals surface area contributed by atoms with Crippen molar-refractivity contribution in [2.24, 2.45) is 41.4 Å². The summed E-state index contributed by atoms with van der Waals surface area (Å²) in [4.78, 5) is 178. The molecule has 3 aliphatic heterocycles. The van der Waals surface area contributed by atoms with Gasteiger partial charge >= 0.3 is 12.4 Å². The predicted molar refractivity (Wildman–Crippen MR) is 394 cm³/mol. The number of hydrogen-bond acceptors (Lipinski definition) is 14. The summed E-state index contributed by atoms with van der Waals surface area (Å²) >= 11 is 0. The molecule has 4 N–H and O–H groups in total. The average molecular weight is 1590 g/mol. The number of aliphatic hydroxyl groups is 1. The summed E-state index contributed by atoms with van der Waals surface area (Å²) in [6, 6.07) is -11.0. The molecule has 7 fully saturated rings. The fraction of sp³-hybridized carbons (Fsp3) is 0.833. The lowest BCUT2D eigenvalue weighted by atomic mass is 9.74. The van der Waals surface area contributed by atoms with Crippen molar-refractivity contribution in [1.29, 1.82) is 0 Å². The largest absolute Gasteiger partial charge is 0.397 e. The second kappa shape index (κ2) is 39.0. The van der Waals surface area contributed by atoms with Crippen molar-refractivity contribution in [3.8, 4) is 0 Å². The first-order valence-corrected chi connectivity index (χ1v) is 40.4. The topological polar surface area (TPSA) is 282 Å². The van der Waals surface area contributed by atoms with Gasteiger partial charge in [-0.2, -0.15) is 26.3 Å². The molecule has 25 nitrogen and oxygen atoms in total. The van der Waals surface area contributed by atoms with Crippen molar-refractivity contribution in [3.05, 3.63) is 12.2 Å². The Bertz CT molecular complexity index is 3270. The van der Waals surface area contributed by atoms with E-state index in [2.05, 4.69) is 16.0 Å². The van der Waals surface area contributed by atoms with Crippen LogP contribution < -0.4 is 16.0 Å². The monoisotopic (exact) mass is 1590 g/mol. The van der Waals surface area contributed by atoms with Gasteiger partial charge in [-0.15, -0.1) is 0 Å². The molecule has 0 radical (unpaired) electrons. The van der Waals surface area contributed by atoms with Crippen LogP contribution in [0.25, 0.3) is 0 Å². The van der Waals surface area contributed by atoms with E-state index in [-0.39, 0.29) is 109 Å².